The van der Waals surface area contributed by atoms with Crippen molar-refractivity contribution in [1.82, 2.24) is 9.80 Å². The van der Waals surface area contributed by atoms with Crippen LogP contribution in [0.3, 0.4) is 0 Å². The Morgan fingerprint density at radius 2 is 1.67 bits per heavy atom. The molecule has 1 unspecified atom stereocenters. The molecule has 0 bridgehead atoms. The molecule has 5 nitrogen and oxygen atoms in total. The van der Waals surface area contributed by atoms with Crippen LogP contribution in [0.2, 0.25) is 0 Å². The number of carbonyl (C=O) groups excluding carboxylic acids is 1. The third-order valence-corrected chi connectivity index (χ3v) is 7.73. The van der Waals surface area contributed by atoms with Crippen molar-refractivity contribution in [3.8, 4) is 5.75 Å². The summed E-state index contributed by atoms with van der Waals surface area (Å²) in [4.78, 5) is 16.8. The first kappa shape index (κ1) is 26.3. The van der Waals surface area contributed by atoms with Crippen molar-refractivity contribution in [3.05, 3.63) is 77.5 Å². The minimum Gasteiger partial charge on any atom is -0.497 e. The van der Waals surface area contributed by atoms with Gasteiger partial charge in [-0.3, -0.25) is 4.79 Å². The SMILES string of the molecule is COc1ccc(C2CCN(CC(CO)C3CCN(C=CC(=O)c4cc(F)cc(F)c4)CC3)CC2)cc1. The maximum absolute atomic E-state index is 13.4. The van der Waals surface area contributed by atoms with E-state index in [1.165, 1.54) is 11.6 Å². The highest BCUT2D eigenvalue weighted by Gasteiger charge is 2.29. The molecule has 0 spiro atoms. The van der Waals surface area contributed by atoms with E-state index in [0.717, 1.165) is 82.4 Å². The molecule has 2 aliphatic rings. The van der Waals surface area contributed by atoms with Gasteiger partial charge in [-0.1, -0.05) is 12.1 Å². The molecule has 1 N–H and O–H groups in total. The van der Waals surface area contributed by atoms with Gasteiger partial charge >= 0.3 is 0 Å². The first-order valence-electron chi connectivity index (χ1n) is 12.8. The smallest absolute Gasteiger partial charge is 0.187 e. The Kier molecular flexibility index (Phi) is 9.10. The van der Waals surface area contributed by atoms with E-state index in [1.807, 2.05) is 12.1 Å². The molecule has 194 valence electrons. The fourth-order valence-corrected chi connectivity index (χ4v) is 5.52. The Bertz CT molecular complexity index is 1010. The third-order valence-electron chi connectivity index (χ3n) is 7.73. The number of halogens is 2. The summed E-state index contributed by atoms with van der Waals surface area (Å²) in [5, 5.41) is 10.1. The molecule has 1 atom stereocenters. The fraction of sp³-hybridized carbons (Fsp3) is 0.483. The maximum atomic E-state index is 13.4. The van der Waals surface area contributed by atoms with Gasteiger partial charge in [0.15, 0.2) is 5.78 Å². The van der Waals surface area contributed by atoms with Crippen molar-refractivity contribution in [2.75, 3.05) is 46.4 Å². The number of likely N-dealkylation sites (tertiary alicyclic amines) is 2. The second-order valence-corrected chi connectivity index (χ2v) is 10.0. The quantitative estimate of drug-likeness (QED) is 0.395. The molecule has 2 saturated heterocycles. The molecule has 2 aromatic carbocycles. The predicted molar refractivity (Wildman–Crippen MR) is 136 cm³/mol. The van der Waals surface area contributed by atoms with Crippen molar-refractivity contribution >= 4 is 5.78 Å². The van der Waals surface area contributed by atoms with Gasteiger partial charge in [0.2, 0.25) is 0 Å². The topological polar surface area (TPSA) is 53.0 Å². The standard InChI is InChI=1S/C29H36F2N2O3/c1-36-28-4-2-21(3-5-28)22-8-13-33(14-9-22)19-25(20-34)23-6-11-32(12-7-23)15-10-29(35)24-16-26(30)18-27(31)17-24/h2-5,10,15-18,22-23,25,34H,6-9,11-14,19-20H2,1H3. The largest absolute Gasteiger partial charge is 0.497 e. The Hall–Kier alpha value is -2.77. The van der Waals surface area contributed by atoms with E-state index in [1.54, 1.807) is 13.3 Å². The lowest BCUT2D eigenvalue weighted by atomic mass is 9.83. The molecule has 2 fully saturated rings. The molecule has 2 aromatic rings. The van der Waals surface area contributed by atoms with Crippen LogP contribution in [0.4, 0.5) is 8.78 Å². The Balaban J connectivity index is 1.22. The normalized spacial score (nSPS) is 19.1. The average molecular weight is 499 g/mol. The van der Waals surface area contributed by atoms with Gasteiger partial charge in [0.25, 0.3) is 0 Å². The number of hydrogen-bond donors (Lipinski definition) is 1. The second kappa shape index (κ2) is 12.5. The van der Waals surface area contributed by atoms with Gasteiger partial charge in [0, 0.05) is 50.1 Å². The minimum absolute atomic E-state index is 0.00902. The predicted octanol–water partition coefficient (Wildman–Crippen LogP) is 4.87. The molecule has 0 saturated carbocycles. The lowest BCUT2D eigenvalue weighted by Gasteiger charge is -2.39. The molecule has 4 rings (SSSR count). The summed E-state index contributed by atoms with van der Waals surface area (Å²) in [6.07, 6.45) is 7.24. The van der Waals surface area contributed by atoms with Crippen molar-refractivity contribution in [2.24, 2.45) is 11.8 Å². The molecule has 0 amide bonds. The highest BCUT2D eigenvalue weighted by molar-refractivity contribution is 6.04. The summed E-state index contributed by atoms with van der Waals surface area (Å²) in [5.74, 6) is 0.206. The summed E-state index contributed by atoms with van der Waals surface area (Å²) in [7, 11) is 1.69. The number of aliphatic hydroxyl groups is 1. The van der Waals surface area contributed by atoms with E-state index >= 15 is 0 Å². The van der Waals surface area contributed by atoms with E-state index in [-0.39, 0.29) is 18.1 Å². The lowest BCUT2D eigenvalue weighted by molar-refractivity contribution is 0.0796. The van der Waals surface area contributed by atoms with Gasteiger partial charge in [0.05, 0.1) is 7.11 Å². The number of rotatable bonds is 9. The van der Waals surface area contributed by atoms with Gasteiger partial charge in [-0.05, 0) is 86.4 Å². The summed E-state index contributed by atoms with van der Waals surface area (Å²) in [6.45, 7) is 4.76. The van der Waals surface area contributed by atoms with Crippen LogP contribution < -0.4 is 4.74 Å². The summed E-state index contributed by atoms with van der Waals surface area (Å²) < 4.78 is 32.0. The summed E-state index contributed by atoms with van der Waals surface area (Å²) in [5.41, 5.74) is 1.38. The van der Waals surface area contributed by atoms with Gasteiger partial charge in [-0.2, -0.15) is 0 Å². The first-order valence-corrected chi connectivity index (χ1v) is 12.8. The van der Waals surface area contributed by atoms with Crippen LogP contribution in [0.15, 0.2) is 54.7 Å². The molecular weight excluding hydrogens is 462 g/mol. The number of methoxy groups -OCH3 is 1. The monoisotopic (exact) mass is 498 g/mol. The van der Waals surface area contributed by atoms with Crippen LogP contribution in [0.1, 0.15) is 47.5 Å². The number of carbonyl (C=O) groups is 1. The van der Waals surface area contributed by atoms with Crippen LogP contribution in [-0.4, -0.2) is 67.1 Å². The van der Waals surface area contributed by atoms with Gasteiger partial charge in [-0.25, -0.2) is 8.78 Å². The summed E-state index contributed by atoms with van der Waals surface area (Å²) in [6, 6.07) is 11.3. The lowest BCUT2D eigenvalue weighted by Crippen LogP contribution is -2.42. The minimum atomic E-state index is -0.757. The van der Waals surface area contributed by atoms with Crippen LogP contribution >= 0.6 is 0 Å². The Morgan fingerprint density at radius 1 is 1.03 bits per heavy atom. The molecule has 0 aromatic heterocycles. The molecule has 2 aliphatic heterocycles. The van der Waals surface area contributed by atoms with Crippen LogP contribution in [0.5, 0.6) is 5.75 Å². The zero-order chi connectivity index (χ0) is 25.5. The molecule has 0 radical (unpaired) electrons. The molecule has 0 aliphatic carbocycles. The first-order chi connectivity index (χ1) is 17.4. The second-order valence-electron chi connectivity index (χ2n) is 10.0. The molecule has 2 heterocycles. The van der Waals surface area contributed by atoms with Crippen molar-refractivity contribution in [2.45, 2.75) is 31.6 Å². The van der Waals surface area contributed by atoms with Crippen LogP contribution in [0.25, 0.3) is 0 Å². The number of aliphatic hydroxyl groups excluding tert-OH is 1. The number of nitrogens with zero attached hydrogens (tertiary/aromatic N) is 2. The number of hydrogen-bond acceptors (Lipinski definition) is 5. The third kappa shape index (κ3) is 6.92. The Morgan fingerprint density at radius 3 is 2.25 bits per heavy atom. The maximum Gasteiger partial charge on any atom is 0.187 e. The molecule has 7 heteroatoms. The van der Waals surface area contributed by atoms with Crippen LogP contribution in [0, 0.1) is 23.5 Å². The molecular formula is C29H36F2N2O3. The van der Waals surface area contributed by atoms with Crippen molar-refractivity contribution < 1.29 is 23.4 Å². The fourth-order valence-electron chi connectivity index (χ4n) is 5.52. The number of benzene rings is 2. The highest BCUT2D eigenvalue weighted by Crippen LogP contribution is 2.31. The Labute approximate surface area is 212 Å². The van der Waals surface area contributed by atoms with E-state index in [9.17, 15) is 18.7 Å². The van der Waals surface area contributed by atoms with Gasteiger partial charge < -0.3 is 19.6 Å². The van der Waals surface area contributed by atoms with E-state index in [4.69, 9.17) is 4.74 Å². The van der Waals surface area contributed by atoms with E-state index in [0.29, 0.717) is 11.8 Å². The number of piperidine rings is 2. The number of allylic oxidation sites excluding steroid dienone is 1. The average Bonchev–Trinajstić information content (AvgIpc) is 2.90. The highest BCUT2D eigenvalue weighted by atomic mass is 19.1. The van der Waals surface area contributed by atoms with Gasteiger partial charge in [0.1, 0.15) is 17.4 Å². The van der Waals surface area contributed by atoms with E-state index in [2.05, 4.69) is 21.9 Å². The number of ketones is 1. The van der Waals surface area contributed by atoms with Crippen molar-refractivity contribution in [1.29, 1.82) is 0 Å². The van der Waals surface area contributed by atoms with Crippen LogP contribution in [-0.2, 0) is 0 Å². The van der Waals surface area contributed by atoms with Crippen molar-refractivity contribution in [3.63, 3.8) is 0 Å². The van der Waals surface area contributed by atoms with E-state index < -0.39 is 17.4 Å². The zero-order valence-electron chi connectivity index (χ0n) is 20.9. The molecule has 36 heavy (non-hydrogen) atoms. The summed E-state index contributed by atoms with van der Waals surface area (Å²) >= 11 is 0. The van der Waals surface area contributed by atoms with Gasteiger partial charge in [-0.15, -0.1) is 0 Å². The zero-order valence-corrected chi connectivity index (χ0v) is 20.9. The number of ether oxygens (including phenoxy) is 1.